The molecule has 0 saturated heterocycles. The van der Waals surface area contributed by atoms with Crippen molar-refractivity contribution in [3.8, 4) is 0 Å². The molecule has 2 rings (SSSR count). The molecule has 0 bridgehead atoms. The van der Waals surface area contributed by atoms with E-state index in [-0.39, 0.29) is 0 Å². The van der Waals surface area contributed by atoms with E-state index in [1.165, 1.54) is 19.4 Å². The number of aryl methyl sites for hydroxylation is 1. The van der Waals surface area contributed by atoms with Crippen LogP contribution in [0.25, 0.3) is 0 Å². The van der Waals surface area contributed by atoms with E-state index in [0.717, 1.165) is 15.7 Å². The monoisotopic (exact) mass is 335 g/mol. The zero-order valence-corrected chi connectivity index (χ0v) is 12.7. The summed E-state index contributed by atoms with van der Waals surface area (Å²) in [7, 11) is 1.32. The molecule has 5 nitrogen and oxygen atoms in total. The fraction of sp³-hybridized carbons (Fsp3) is 0.143. The predicted molar refractivity (Wildman–Crippen MR) is 82.2 cm³/mol. The number of hydrogen-bond acceptors (Lipinski definition) is 5. The number of carbonyl (C=O) groups is 1. The Bertz CT molecular complexity index is 659. The third-order valence-corrected chi connectivity index (χ3v) is 3.25. The highest BCUT2D eigenvalue weighted by Crippen LogP contribution is 2.25. The third-order valence-electron chi connectivity index (χ3n) is 2.76. The van der Waals surface area contributed by atoms with E-state index in [9.17, 15) is 4.79 Å². The Balaban J connectivity index is 2.40. The number of anilines is 3. The summed E-state index contributed by atoms with van der Waals surface area (Å²) < 4.78 is 5.72. The zero-order chi connectivity index (χ0) is 14.7. The van der Waals surface area contributed by atoms with Gasteiger partial charge in [0.05, 0.1) is 19.0 Å². The topological polar surface area (TPSA) is 77.2 Å². The van der Waals surface area contributed by atoms with Gasteiger partial charge in [-0.25, -0.2) is 9.78 Å². The van der Waals surface area contributed by atoms with Gasteiger partial charge in [0, 0.05) is 10.2 Å². The molecule has 0 saturated carbocycles. The Kier molecular flexibility index (Phi) is 4.24. The summed E-state index contributed by atoms with van der Waals surface area (Å²) in [5.41, 5.74) is 8.24. The Hall–Kier alpha value is -2.08. The van der Waals surface area contributed by atoms with Crippen LogP contribution in [0.3, 0.4) is 0 Å². The highest BCUT2D eigenvalue weighted by atomic mass is 79.9. The van der Waals surface area contributed by atoms with Crippen molar-refractivity contribution >= 4 is 39.1 Å². The van der Waals surface area contributed by atoms with Crippen LogP contribution >= 0.6 is 15.9 Å². The van der Waals surface area contributed by atoms with Gasteiger partial charge in [-0.2, -0.15) is 0 Å². The first-order chi connectivity index (χ1) is 9.51. The number of carbonyl (C=O) groups excluding carboxylic acids is 1. The fourth-order valence-corrected chi connectivity index (χ4v) is 2.22. The van der Waals surface area contributed by atoms with E-state index in [2.05, 4.69) is 26.2 Å². The van der Waals surface area contributed by atoms with Crippen molar-refractivity contribution in [3.05, 3.63) is 46.1 Å². The van der Waals surface area contributed by atoms with Crippen LogP contribution in [0.5, 0.6) is 0 Å². The summed E-state index contributed by atoms with van der Waals surface area (Å²) in [6.07, 6.45) is 1.49. The summed E-state index contributed by atoms with van der Waals surface area (Å²) in [5, 5.41) is 3.12. The van der Waals surface area contributed by atoms with Gasteiger partial charge in [-0.15, -0.1) is 0 Å². The van der Waals surface area contributed by atoms with Crippen LogP contribution < -0.4 is 11.1 Å². The quantitative estimate of drug-likeness (QED) is 0.842. The minimum atomic E-state index is -0.484. The fourth-order valence-electron chi connectivity index (χ4n) is 1.74. The maximum absolute atomic E-state index is 11.8. The van der Waals surface area contributed by atoms with Crippen LogP contribution in [-0.4, -0.2) is 18.1 Å². The summed E-state index contributed by atoms with van der Waals surface area (Å²) in [4.78, 5) is 15.9. The Labute approximate surface area is 125 Å². The van der Waals surface area contributed by atoms with E-state index >= 15 is 0 Å². The number of halogens is 1. The Morgan fingerprint density at radius 2 is 2.15 bits per heavy atom. The van der Waals surface area contributed by atoms with Gasteiger partial charge in [0.15, 0.2) is 0 Å². The van der Waals surface area contributed by atoms with Gasteiger partial charge >= 0.3 is 5.97 Å². The maximum atomic E-state index is 11.8. The molecular weight excluding hydrogens is 322 g/mol. The van der Waals surface area contributed by atoms with Crippen LogP contribution in [0, 0.1) is 6.92 Å². The van der Waals surface area contributed by atoms with E-state index in [4.69, 9.17) is 10.5 Å². The first-order valence-corrected chi connectivity index (χ1v) is 6.67. The largest absolute Gasteiger partial charge is 0.465 e. The number of pyridine rings is 1. The second-order valence-electron chi connectivity index (χ2n) is 4.24. The number of aromatic nitrogens is 1. The number of nitrogens with zero attached hydrogens (tertiary/aromatic N) is 1. The number of rotatable bonds is 3. The van der Waals surface area contributed by atoms with Crippen molar-refractivity contribution < 1.29 is 9.53 Å². The number of nitrogens with two attached hydrogens (primary N) is 1. The van der Waals surface area contributed by atoms with Crippen molar-refractivity contribution in [1.29, 1.82) is 0 Å². The molecule has 1 heterocycles. The molecule has 0 aliphatic heterocycles. The molecule has 0 amide bonds. The second-order valence-corrected chi connectivity index (χ2v) is 5.16. The smallest absolute Gasteiger partial charge is 0.341 e. The van der Waals surface area contributed by atoms with E-state index in [1.807, 2.05) is 25.1 Å². The SMILES string of the molecule is COC(=O)c1cc(N)cnc1Nc1ccc(Br)cc1C. The molecule has 0 radical (unpaired) electrons. The molecule has 1 aromatic heterocycles. The molecule has 20 heavy (non-hydrogen) atoms. The molecule has 1 aromatic carbocycles. The third kappa shape index (κ3) is 3.08. The molecule has 6 heteroatoms. The molecule has 0 unspecified atom stereocenters. The van der Waals surface area contributed by atoms with Gasteiger partial charge in [-0.05, 0) is 36.8 Å². The maximum Gasteiger partial charge on any atom is 0.341 e. The molecular formula is C14H14BrN3O2. The average Bonchev–Trinajstić information content (AvgIpc) is 2.42. The van der Waals surface area contributed by atoms with Crippen molar-refractivity contribution in [3.63, 3.8) is 0 Å². The lowest BCUT2D eigenvalue weighted by atomic mass is 10.2. The van der Waals surface area contributed by atoms with Crippen LogP contribution in [0.15, 0.2) is 34.9 Å². The zero-order valence-electron chi connectivity index (χ0n) is 11.1. The van der Waals surface area contributed by atoms with Gasteiger partial charge in [0.2, 0.25) is 0 Å². The molecule has 0 spiro atoms. The van der Waals surface area contributed by atoms with Crippen molar-refractivity contribution in [2.24, 2.45) is 0 Å². The second kappa shape index (κ2) is 5.92. The van der Waals surface area contributed by atoms with Crippen molar-refractivity contribution in [2.45, 2.75) is 6.92 Å². The van der Waals surface area contributed by atoms with Crippen LogP contribution in [0.1, 0.15) is 15.9 Å². The number of ether oxygens (including phenoxy) is 1. The van der Waals surface area contributed by atoms with Gasteiger partial charge in [0.1, 0.15) is 11.4 Å². The molecule has 0 fully saturated rings. The van der Waals surface area contributed by atoms with Crippen LogP contribution in [-0.2, 0) is 4.74 Å². The molecule has 3 N–H and O–H groups in total. The first kappa shape index (κ1) is 14.3. The number of esters is 1. The number of nitrogen functional groups attached to an aromatic ring is 1. The number of nitrogens with one attached hydrogen (secondary N) is 1. The van der Waals surface area contributed by atoms with Gasteiger partial charge in [-0.3, -0.25) is 0 Å². The number of hydrogen-bond donors (Lipinski definition) is 2. The minimum Gasteiger partial charge on any atom is -0.465 e. The van der Waals surface area contributed by atoms with Gasteiger partial charge in [0.25, 0.3) is 0 Å². The lowest BCUT2D eigenvalue weighted by molar-refractivity contribution is 0.0601. The molecule has 0 atom stereocenters. The van der Waals surface area contributed by atoms with Gasteiger partial charge in [-0.1, -0.05) is 15.9 Å². The van der Waals surface area contributed by atoms with Crippen LogP contribution in [0.2, 0.25) is 0 Å². The molecule has 0 aliphatic rings. The summed E-state index contributed by atoms with van der Waals surface area (Å²) >= 11 is 3.41. The van der Waals surface area contributed by atoms with E-state index in [0.29, 0.717) is 17.1 Å². The summed E-state index contributed by atoms with van der Waals surface area (Å²) in [5.74, 6) is -0.0708. The normalized spacial score (nSPS) is 10.2. The highest BCUT2D eigenvalue weighted by Gasteiger charge is 2.14. The van der Waals surface area contributed by atoms with Crippen molar-refractivity contribution in [1.82, 2.24) is 4.98 Å². The average molecular weight is 336 g/mol. The summed E-state index contributed by atoms with van der Waals surface area (Å²) in [6, 6.07) is 7.32. The standard InChI is InChI=1S/C14H14BrN3O2/c1-8-5-9(15)3-4-12(8)18-13-11(14(19)20-2)6-10(16)7-17-13/h3-7H,16H2,1-2H3,(H,17,18). The van der Waals surface area contributed by atoms with Crippen molar-refractivity contribution in [2.75, 3.05) is 18.2 Å². The first-order valence-electron chi connectivity index (χ1n) is 5.88. The Morgan fingerprint density at radius 3 is 2.80 bits per heavy atom. The van der Waals surface area contributed by atoms with Gasteiger partial charge < -0.3 is 15.8 Å². The van der Waals surface area contributed by atoms with Crippen LogP contribution in [0.4, 0.5) is 17.2 Å². The predicted octanol–water partition coefficient (Wildman–Crippen LogP) is 3.26. The number of methoxy groups -OCH3 is 1. The Morgan fingerprint density at radius 1 is 1.40 bits per heavy atom. The lowest BCUT2D eigenvalue weighted by Crippen LogP contribution is -2.08. The highest BCUT2D eigenvalue weighted by molar-refractivity contribution is 9.10. The van der Waals surface area contributed by atoms with E-state index < -0.39 is 5.97 Å². The molecule has 2 aromatic rings. The summed E-state index contributed by atoms with van der Waals surface area (Å²) in [6.45, 7) is 1.96. The lowest BCUT2D eigenvalue weighted by Gasteiger charge is -2.12. The minimum absolute atomic E-state index is 0.301. The van der Waals surface area contributed by atoms with E-state index in [1.54, 1.807) is 0 Å². The molecule has 104 valence electrons. The number of benzene rings is 1. The molecule has 0 aliphatic carbocycles.